The van der Waals surface area contributed by atoms with Crippen molar-refractivity contribution in [1.82, 2.24) is 0 Å². The Morgan fingerprint density at radius 3 is 1.40 bits per heavy atom. The molecule has 0 spiro atoms. The molecular weight excluding hydrogens is 231 g/mol. The van der Waals surface area contributed by atoms with E-state index in [1.807, 2.05) is 0 Å². The molecule has 5 heavy (non-hydrogen) atoms. The predicted molar refractivity (Wildman–Crippen MR) is 15.8 cm³/mol. The Labute approximate surface area is 51.2 Å². The minimum Gasteiger partial charge on any atom is -0.234 e. The van der Waals surface area contributed by atoms with Crippen molar-refractivity contribution in [3.05, 3.63) is 0 Å². The van der Waals surface area contributed by atoms with Crippen LogP contribution in [0.4, 0.5) is 0 Å². The van der Waals surface area contributed by atoms with E-state index in [0.717, 1.165) is 0 Å². The molecule has 0 atom stereocenters. The second kappa shape index (κ2) is 4.83. The van der Waals surface area contributed by atoms with Crippen LogP contribution in [0.3, 0.4) is 0 Å². The van der Waals surface area contributed by atoms with Crippen molar-refractivity contribution < 1.29 is 30.9 Å². The maximum atomic E-state index is 9.53. The Morgan fingerprint density at radius 2 is 1.40 bits per heavy atom. The Morgan fingerprint density at radius 1 is 1.40 bits per heavy atom. The zero-order valence-electron chi connectivity index (χ0n) is 3.49. The van der Waals surface area contributed by atoms with Crippen molar-refractivity contribution in [2.24, 2.45) is 0 Å². The van der Waals surface area contributed by atoms with Crippen LogP contribution in [-0.4, -0.2) is 6.10 Å². The predicted octanol–water partition coefficient (Wildman–Crippen LogP) is 0.823. The standard InChI is InChI=1S/C3H7O.Hf/c1-3(2)4;/h3H,1-2H3;. The number of hydrogen-bond donors (Lipinski definition) is 0. The van der Waals surface area contributed by atoms with Crippen molar-refractivity contribution in [3.8, 4) is 0 Å². The molecule has 0 aliphatic carbocycles. The summed E-state index contributed by atoms with van der Waals surface area (Å²) in [5.41, 5.74) is 0. The molecular formula is C3H7HfO. The summed E-state index contributed by atoms with van der Waals surface area (Å²) >= 11 is 0. The molecule has 0 rings (SSSR count). The average molecular weight is 238 g/mol. The van der Waals surface area contributed by atoms with E-state index in [9.17, 15) is 5.11 Å². The van der Waals surface area contributed by atoms with Crippen LogP contribution in [0.25, 0.3) is 0 Å². The van der Waals surface area contributed by atoms with Gasteiger partial charge in [-0.15, -0.1) is 0 Å². The molecule has 29 valence electrons. The molecule has 1 nitrogen and oxygen atoms in total. The zero-order chi connectivity index (χ0) is 3.58. The fraction of sp³-hybridized carbons (Fsp3) is 1.00. The summed E-state index contributed by atoms with van der Waals surface area (Å²) in [4.78, 5) is 0. The molecule has 0 aromatic heterocycles. The van der Waals surface area contributed by atoms with Gasteiger partial charge in [0.15, 0.2) is 0 Å². The van der Waals surface area contributed by atoms with Crippen LogP contribution in [0.5, 0.6) is 0 Å². The number of rotatable bonds is 0. The fourth-order valence-corrected chi connectivity index (χ4v) is 0. The van der Waals surface area contributed by atoms with E-state index < -0.39 is 6.10 Å². The minimum absolute atomic E-state index is 0. The molecule has 1 radical (unpaired) electrons. The van der Waals surface area contributed by atoms with Crippen LogP contribution >= 0.6 is 0 Å². The van der Waals surface area contributed by atoms with E-state index in [1.165, 1.54) is 0 Å². The van der Waals surface area contributed by atoms with Gasteiger partial charge in [0.05, 0.1) is 6.10 Å². The van der Waals surface area contributed by atoms with Crippen molar-refractivity contribution in [3.63, 3.8) is 0 Å². The van der Waals surface area contributed by atoms with Crippen LogP contribution in [0.2, 0.25) is 0 Å². The summed E-state index contributed by atoms with van der Waals surface area (Å²) in [5, 5.41) is 9.53. The molecule has 0 unspecified atom stereocenters. The first-order chi connectivity index (χ1) is 1.73. The van der Waals surface area contributed by atoms with Crippen molar-refractivity contribution in [2.75, 3.05) is 0 Å². The Kier molecular flexibility index (Phi) is 8.96. The molecule has 0 bridgehead atoms. The third-order valence-corrected chi connectivity index (χ3v) is 0. The van der Waals surface area contributed by atoms with E-state index in [1.54, 1.807) is 13.8 Å². The zero-order valence-corrected chi connectivity index (χ0v) is 7.08. The molecule has 0 aliphatic rings. The van der Waals surface area contributed by atoms with Gasteiger partial charge >= 0.3 is 0 Å². The first kappa shape index (κ1) is 9.27. The SMILES string of the molecule is CC(C)[O].[Hf]. The molecule has 0 saturated carbocycles. The minimum atomic E-state index is -0.417. The van der Waals surface area contributed by atoms with E-state index >= 15 is 0 Å². The average Bonchev–Trinajstić information content (AvgIpc) is 0.811. The van der Waals surface area contributed by atoms with Crippen LogP contribution in [-0.2, 0) is 30.9 Å². The summed E-state index contributed by atoms with van der Waals surface area (Å²) in [6.07, 6.45) is -0.417. The molecule has 0 fully saturated rings. The van der Waals surface area contributed by atoms with Gasteiger partial charge in [-0.3, -0.25) is 0 Å². The quantitative estimate of drug-likeness (QED) is 0.556. The summed E-state index contributed by atoms with van der Waals surface area (Å²) in [6.45, 7) is 3.22. The van der Waals surface area contributed by atoms with Crippen molar-refractivity contribution in [1.29, 1.82) is 0 Å². The normalized spacial score (nSPS) is 7.20. The maximum absolute atomic E-state index is 9.53. The maximum Gasteiger partial charge on any atom is 0.0874 e. The van der Waals surface area contributed by atoms with Crippen LogP contribution in [0.1, 0.15) is 13.8 Å². The van der Waals surface area contributed by atoms with E-state index in [4.69, 9.17) is 0 Å². The van der Waals surface area contributed by atoms with Crippen LogP contribution < -0.4 is 0 Å². The fourth-order valence-electron chi connectivity index (χ4n) is 0. The Hall–Kier alpha value is 0.830. The molecule has 0 N–H and O–H groups in total. The smallest absolute Gasteiger partial charge is 0.0874 e. The monoisotopic (exact) mass is 239 g/mol. The van der Waals surface area contributed by atoms with Gasteiger partial charge in [0.2, 0.25) is 0 Å². The van der Waals surface area contributed by atoms with Crippen LogP contribution in [0, 0.1) is 0 Å². The third kappa shape index (κ3) is 56.1. The molecule has 0 heterocycles. The second-order valence-corrected chi connectivity index (χ2v) is 1.05. The van der Waals surface area contributed by atoms with E-state index in [2.05, 4.69) is 0 Å². The van der Waals surface area contributed by atoms with Crippen molar-refractivity contribution >= 4 is 0 Å². The number of hydrogen-bond acceptors (Lipinski definition) is 0. The van der Waals surface area contributed by atoms with E-state index in [-0.39, 0.29) is 25.8 Å². The van der Waals surface area contributed by atoms with Gasteiger partial charge in [0.25, 0.3) is 0 Å². The van der Waals surface area contributed by atoms with Crippen molar-refractivity contribution in [2.45, 2.75) is 20.0 Å². The first-order valence-electron chi connectivity index (χ1n) is 1.39. The molecule has 0 saturated heterocycles. The second-order valence-electron chi connectivity index (χ2n) is 1.05. The largest absolute Gasteiger partial charge is 0.234 e. The van der Waals surface area contributed by atoms with Gasteiger partial charge in [0.1, 0.15) is 0 Å². The molecule has 0 aromatic carbocycles. The van der Waals surface area contributed by atoms with Gasteiger partial charge in [-0.2, -0.15) is 0 Å². The van der Waals surface area contributed by atoms with Gasteiger partial charge in [-0.25, -0.2) is 5.11 Å². The topological polar surface area (TPSA) is 19.9 Å². The summed E-state index contributed by atoms with van der Waals surface area (Å²) in [7, 11) is 0. The molecule has 2 heteroatoms. The Bertz CT molecular complexity index is 11.6. The molecule has 0 amide bonds. The van der Waals surface area contributed by atoms with Gasteiger partial charge in [-0.05, 0) is 13.8 Å². The molecule has 0 aromatic rings. The Balaban J connectivity index is 0. The van der Waals surface area contributed by atoms with Crippen LogP contribution in [0.15, 0.2) is 0 Å². The summed E-state index contributed by atoms with van der Waals surface area (Å²) in [6, 6.07) is 0. The summed E-state index contributed by atoms with van der Waals surface area (Å²) < 4.78 is 0. The third-order valence-electron chi connectivity index (χ3n) is 0. The van der Waals surface area contributed by atoms with Gasteiger partial charge < -0.3 is 0 Å². The summed E-state index contributed by atoms with van der Waals surface area (Å²) in [5.74, 6) is 0. The van der Waals surface area contributed by atoms with Gasteiger partial charge in [0, 0.05) is 25.8 Å². The first-order valence-corrected chi connectivity index (χ1v) is 1.39. The molecule has 0 aliphatic heterocycles. The van der Waals surface area contributed by atoms with Gasteiger partial charge in [-0.1, -0.05) is 0 Å². The van der Waals surface area contributed by atoms with E-state index in [0.29, 0.717) is 0 Å².